The zero-order valence-electron chi connectivity index (χ0n) is 15.7. The standard InChI is InChI=1S/C21H28O5/c1-12(5-4-6-13(2)20(24)25)14-9-10-21(3)16(14)11-15-17(22)7-8-18(23)19(15)26-21/h6,9,12,16,18,23H,4-5,7-8,10-11H2,1-3H3,(H,24,25)/b13-6+/t12-,16-,18-,21+/m0/s1. The molecule has 2 aliphatic carbocycles. The van der Waals surface area contributed by atoms with Gasteiger partial charge in [-0.3, -0.25) is 4.79 Å². The number of allylic oxidation sites excluding steroid dienone is 2. The second kappa shape index (κ2) is 7.03. The van der Waals surface area contributed by atoms with Crippen molar-refractivity contribution in [3.8, 4) is 0 Å². The third-order valence-electron chi connectivity index (χ3n) is 6.17. The molecule has 0 spiro atoms. The summed E-state index contributed by atoms with van der Waals surface area (Å²) in [6.45, 7) is 5.84. The first kappa shape index (κ1) is 18.9. The number of carbonyl (C=O) groups excluding carboxylic acids is 1. The van der Waals surface area contributed by atoms with Crippen LogP contribution in [0.5, 0.6) is 0 Å². The maximum Gasteiger partial charge on any atom is 0.330 e. The topological polar surface area (TPSA) is 83.8 Å². The van der Waals surface area contributed by atoms with Crippen LogP contribution < -0.4 is 0 Å². The molecule has 3 rings (SSSR count). The Kier molecular flexibility index (Phi) is 5.11. The largest absolute Gasteiger partial charge is 0.488 e. The molecule has 0 unspecified atom stereocenters. The molecule has 4 atom stereocenters. The Morgan fingerprint density at radius 1 is 1.50 bits per heavy atom. The van der Waals surface area contributed by atoms with Gasteiger partial charge in [0.2, 0.25) is 0 Å². The van der Waals surface area contributed by atoms with Crippen molar-refractivity contribution in [3.05, 3.63) is 34.6 Å². The van der Waals surface area contributed by atoms with Gasteiger partial charge in [0.05, 0.1) is 0 Å². The Labute approximate surface area is 154 Å². The van der Waals surface area contributed by atoms with Gasteiger partial charge in [-0.05, 0) is 45.4 Å². The van der Waals surface area contributed by atoms with Gasteiger partial charge in [-0.15, -0.1) is 0 Å². The lowest BCUT2D eigenvalue weighted by Crippen LogP contribution is -2.44. The van der Waals surface area contributed by atoms with Crippen LogP contribution in [-0.2, 0) is 14.3 Å². The SMILES string of the molecule is C/C(=C\CC[C@H](C)C1=CC[C@@]2(C)OC3=C(C[C@@H]12)C(=O)CC[C@@H]3O)C(=O)O. The molecular formula is C21H28O5. The smallest absolute Gasteiger partial charge is 0.330 e. The number of hydrogen-bond donors (Lipinski definition) is 2. The van der Waals surface area contributed by atoms with E-state index in [9.17, 15) is 14.7 Å². The van der Waals surface area contributed by atoms with Gasteiger partial charge in [0, 0.05) is 29.9 Å². The zero-order chi connectivity index (χ0) is 19.1. The van der Waals surface area contributed by atoms with E-state index in [1.54, 1.807) is 13.0 Å². The van der Waals surface area contributed by atoms with Crippen LogP contribution in [0.1, 0.15) is 59.3 Å². The molecule has 0 saturated heterocycles. The molecule has 5 nitrogen and oxygen atoms in total. The summed E-state index contributed by atoms with van der Waals surface area (Å²) in [4.78, 5) is 23.2. The quantitative estimate of drug-likeness (QED) is 0.579. The van der Waals surface area contributed by atoms with Crippen LogP contribution in [0.4, 0.5) is 0 Å². The van der Waals surface area contributed by atoms with Gasteiger partial charge in [-0.2, -0.15) is 0 Å². The third-order valence-corrected chi connectivity index (χ3v) is 6.17. The summed E-state index contributed by atoms with van der Waals surface area (Å²) in [5.41, 5.74) is 1.95. The van der Waals surface area contributed by atoms with Gasteiger partial charge in [0.1, 0.15) is 17.5 Å². The average molecular weight is 360 g/mol. The Morgan fingerprint density at radius 2 is 2.23 bits per heavy atom. The van der Waals surface area contributed by atoms with Crippen LogP contribution in [-0.4, -0.2) is 33.7 Å². The lowest BCUT2D eigenvalue weighted by Gasteiger charge is -2.43. The van der Waals surface area contributed by atoms with Crippen LogP contribution in [0.15, 0.2) is 34.6 Å². The Hall–Kier alpha value is -1.88. The van der Waals surface area contributed by atoms with Crippen molar-refractivity contribution in [2.24, 2.45) is 11.8 Å². The first-order valence-electron chi connectivity index (χ1n) is 9.46. The Bertz CT molecular complexity index is 714. The van der Waals surface area contributed by atoms with Crippen LogP contribution >= 0.6 is 0 Å². The fraction of sp³-hybridized carbons (Fsp3) is 0.619. The summed E-state index contributed by atoms with van der Waals surface area (Å²) in [6, 6.07) is 0. The minimum absolute atomic E-state index is 0.103. The van der Waals surface area contributed by atoms with Crippen molar-refractivity contribution in [1.29, 1.82) is 0 Å². The van der Waals surface area contributed by atoms with E-state index in [4.69, 9.17) is 9.84 Å². The predicted molar refractivity (Wildman–Crippen MR) is 97.4 cm³/mol. The second-order valence-corrected chi connectivity index (χ2v) is 8.07. The number of hydrogen-bond acceptors (Lipinski definition) is 4. The minimum atomic E-state index is -0.875. The Balaban J connectivity index is 1.73. The minimum Gasteiger partial charge on any atom is -0.488 e. The van der Waals surface area contributed by atoms with E-state index >= 15 is 0 Å². The maximum atomic E-state index is 12.3. The monoisotopic (exact) mass is 360 g/mol. The maximum absolute atomic E-state index is 12.3. The van der Waals surface area contributed by atoms with Crippen LogP contribution in [0, 0.1) is 11.8 Å². The van der Waals surface area contributed by atoms with Crippen LogP contribution in [0.25, 0.3) is 0 Å². The van der Waals surface area contributed by atoms with E-state index in [1.165, 1.54) is 5.57 Å². The number of ketones is 1. The summed E-state index contributed by atoms with van der Waals surface area (Å²) < 4.78 is 6.21. The van der Waals surface area contributed by atoms with Gasteiger partial charge in [-0.25, -0.2) is 4.79 Å². The highest BCUT2D eigenvalue weighted by atomic mass is 16.5. The van der Waals surface area contributed by atoms with Crippen LogP contribution in [0.3, 0.4) is 0 Å². The summed E-state index contributed by atoms with van der Waals surface area (Å²) in [5, 5.41) is 19.2. The molecule has 0 bridgehead atoms. The van der Waals surface area contributed by atoms with E-state index in [-0.39, 0.29) is 11.7 Å². The van der Waals surface area contributed by atoms with Crippen LogP contribution in [0.2, 0.25) is 0 Å². The number of aliphatic hydroxyl groups is 1. The van der Waals surface area contributed by atoms with Crippen molar-refractivity contribution in [3.63, 3.8) is 0 Å². The number of fused-ring (bicyclic) bond motifs is 1. The first-order chi connectivity index (χ1) is 12.2. The number of carboxylic acid groups (broad SMARTS) is 1. The van der Waals surface area contributed by atoms with Crippen molar-refractivity contribution < 1.29 is 24.5 Å². The molecule has 0 aromatic carbocycles. The molecule has 1 heterocycles. The number of ether oxygens (including phenoxy) is 1. The van der Waals surface area contributed by atoms with Crippen molar-refractivity contribution >= 4 is 11.8 Å². The van der Waals surface area contributed by atoms with Gasteiger partial charge in [-0.1, -0.05) is 24.6 Å². The fourth-order valence-corrected chi connectivity index (χ4v) is 4.44. The zero-order valence-corrected chi connectivity index (χ0v) is 15.7. The molecule has 142 valence electrons. The second-order valence-electron chi connectivity index (χ2n) is 8.07. The number of aliphatic carboxylic acids is 1. The van der Waals surface area contributed by atoms with Crippen molar-refractivity contribution in [2.45, 2.75) is 71.0 Å². The summed E-state index contributed by atoms with van der Waals surface area (Å²) >= 11 is 0. The number of carbonyl (C=O) groups is 2. The van der Waals surface area contributed by atoms with Gasteiger partial charge < -0.3 is 14.9 Å². The highest BCUT2D eigenvalue weighted by Crippen LogP contribution is 2.51. The van der Waals surface area contributed by atoms with E-state index in [2.05, 4.69) is 19.9 Å². The van der Waals surface area contributed by atoms with E-state index in [0.29, 0.717) is 48.5 Å². The highest BCUT2D eigenvalue weighted by Gasteiger charge is 2.50. The van der Waals surface area contributed by atoms with E-state index in [0.717, 1.165) is 12.8 Å². The molecule has 0 aromatic heterocycles. The lowest BCUT2D eigenvalue weighted by atomic mass is 9.74. The van der Waals surface area contributed by atoms with Gasteiger partial charge >= 0.3 is 5.97 Å². The lowest BCUT2D eigenvalue weighted by molar-refractivity contribution is -0.132. The number of rotatable bonds is 5. The average Bonchev–Trinajstić information content (AvgIpc) is 2.93. The normalized spacial score (nSPS) is 32.5. The molecule has 0 fully saturated rings. The molecule has 2 N–H and O–H groups in total. The molecule has 0 aromatic rings. The molecule has 26 heavy (non-hydrogen) atoms. The highest BCUT2D eigenvalue weighted by molar-refractivity contribution is 5.97. The van der Waals surface area contributed by atoms with E-state index < -0.39 is 17.7 Å². The number of aliphatic hydroxyl groups excluding tert-OH is 1. The predicted octanol–water partition coefficient (Wildman–Crippen LogP) is 3.54. The fourth-order valence-electron chi connectivity index (χ4n) is 4.44. The van der Waals surface area contributed by atoms with E-state index in [1.807, 2.05) is 0 Å². The summed E-state index contributed by atoms with van der Waals surface area (Å²) in [5.74, 6) is 0.178. The molecule has 0 saturated carbocycles. The third kappa shape index (κ3) is 3.37. The summed E-state index contributed by atoms with van der Waals surface area (Å²) in [6.07, 6.45) is 7.17. The first-order valence-corrected chi connectivity index (χ1v) is 9.46. The molecule has 1 aliphatic heterocycles. The Morgan fingerprint density at radius 3 is 2.92 bits per heavy atom. The van der Waals surface area contributed by atoms with Crippen molar-refractivity contribution in [1.82, 2.24) is 0 Å². The molecule has 5 heteroatoms. The number of carboxylic acids is 1. The molecule has 0 radical (unpaired) electrons. The van der Waals surface area contributed by atoms with Gasteiger partial charge in [0.15, 0.2) is 5.78 Å². The van der Waals surface area contributed by atoms with Crippen molar-refractivity contribution in [2.75, 3.05) is 0 Å². The molecule has 0 amide bonds. The molecule has 3 aliphatic rings. The molecular weight excluding hydrogens is 332 g/mol. The number of Topliss-reactive ketones (excluding diaryl/α,β-unsaturated/α-hetero) is 1. The van der Waals surface area contributed by atoms with Gasteiger partial charge in [0.25, 0.3) is 0 Å². The summed E-state index contributed by atoms with van der Waals surface area (Å²) in [7, 11) is 0.